The zero-order chi connectivity index (χ0) is 22.1. The summed E-state index contributed by atoms with van der Waals surface area (Å²) in [4.78, 5) is 25.1. The van der Waals surface area contributed by atoms with Crippen LogP contribution in [0, 0.1) is 12.8 Å². The number of aromatic nitrogens is 2. The molecular formula is C26H33N5O. The van der Waals surface area contributed by atoms with Gasteiger partial charge in [0.1, 0.15) is 5.82 Å². The standard InChI is InChI=1S/C26H33N5O/c1-20-7-5-9-22(17-20)30-13-15-31(16-14-30)26(32)21-8-6-12-29(18-21)19-25-27-23-10-3-4-11-24(23)28(25)2/h3-5,7,9-11,17,21H,6,8,12-16,18-19H2,1-2H3/t21-/m1/s1. The number of rotatable bonds is 4. The Morgan fingerprint density at radius 2 is 1.84 bits per heavy atom. The molecule has 5 rings (SSSR count). The van der Waals surface area contributed by atoms with Crippen LogP contribution in [0.3, 0.4) is 0 Å². The first-order valence-corrected chi connectivity index (χ1v) is 11.8. The quantitative estimate of drug-likeness (QED) is 0.635. The van der Waals surface area contributed by atoms with Gasteiger partial charge in [0.15, 0.2) is 0 Å². The summed E-state index contributed by atoms with van der Waals surface area (Å²) in [5.41, 5.74) is 4.76. The predicted octanol–water partition coefficient (Wildman–Crippen LogP) is 3.44. The molecule has 3 aromatic rings. The summed E-state index contributed by atoms with van der Waals surface area (Å²) >= 11 is 0. The van der Waals surface area contributed by atoms with Crippen LogP contribution in [-0.4, -0.2) is 64.5 Å². The van der Waals surface area contributed by atoms with E-state index in [4.69, 9.17) is 4.98 Å². The van der Waals surface area contributed by atoms with Gasteiger partial charge in [0, 0.05) is 45.5 Å². The minimum absolute atomic E-state index is 0.101. The molecule has 32 heavy (non-hydrogen) atoms. The fourth-order valence-corrected chi connectivity index (χ4v) is 5.21. The van der Waals surface area contributed by atoms with Crippen LogP contribution in [0.5, 0.6) is 0 Å². The van der Waals surface area contributed by atoms with Gasteiger partial charge in [0.2, 0.25) is 5.91 Å². The summed E-state index contributed by atoms with van der Waals surface area (Å²) in [6.07, 6.45) is 2.07. The summed E-state index contributed by atoms with van der Waals surface area (Å²) < 4.78 is 2.19. The second-order valence-electron chi connectivity index (χ2n) is 9.30. The maximum absolute atomic E-state index is 13.3. The average molecular weight is 432 g/mol. The summed E-state index contributed by atoms with van der Waals surface area (Å²) in [6.45, 7) is 8.25. The van der Waals surface area contributed by atoms with Gasteiger partial charge in [-0.3, -0.25) is 9.69 Å². The van der Waals surface area contributed by atoms with E-state index in [0.29, 0.717) is 5.91 Å². The minimum Gasteiger partial charge on any atom is -0.368 e. The van der Waals surface area contributed by atoms with Crippen LogP contribution in [-0.2, 0) is 18.4 Å². The van der Waals surface area contributed by atoms with E-state index in [1.54, 1.807) is 0 Å². The lowest BCUT2D eigenvalue weighted by Gasteiger charge is -2.39. The molecule has 6 heteroatoms. The number of hydrogen-bond donors (Lipinski definition) is 0. The number of amides is 1. The van der Waals surface area contributed by atoms with Crippen molar-refractivity contribution in [1.29, 1.82) is 0 Å². The average Bonchev–Trinajstić information content (AvgIpc) is 3.14. The molecule has 0 bridgehead atoms. The molecule has 0 unspecified atom stereocenters. The van der Waals surface area contributed by atoms with Gasteiger partial charge in [-0.2, -0.15) is 0 Å². The van der Waals surface area contributed by atoms with Gasteiger partial charge in [-0.25, -0.2) is 4.98 Å². The Morgan fingerprint density at radius 3 is 2.62 bits per heavy atom. The van der Waals surface area contributed by atoms with Crippen LogP contribution in [0.15, 0.2) is 48.5 Å². The number of piperazine rings is 1. The molecule has 0 radical (unpaired) electrons. The largest absolute Gasteiger partial charge is 0.368 e. The molecule has 6 nitrogen and oxygen atoms in total. The first-order chi connectivity index (χ1) is 15.6. The van der Waals surface area contributed by atoms with Crippen molar-refractivity contribution < 1.29 is 4.79 Å². The molecule has 0 saturated carbocycles. The van der Waals surface area contributed by atoms with E-state index in [-0.39, 0.29) is 5.92 Å². The monoisotopic (exact) mass is 431 g/mol. The molecule has 3 heterocycles. The number of nitrogens with zero attached hydrogens (tertiary/aromatic N) is 5. The fraction of sp³-hybridized carbons (Fsp3) is 0.462. The molecule has 2 aliphatic rings. The Morgan fingerprint density at radius 1 is 1.03 bits per heavy atom. The molecule has 1 amide bonds. The van der Waals surface area contributed by atoms with Crippen LogP contribution in [0.1, 0.15) is 24.2 Å². The Labute approximate surface area is 190 Å². The Bertz CT molecular complexity index is 1100. The second kappa shape index (κ2) is 8.94. The van der Waals surface area contributed by atoms with Gasteiger partial charge in [-0.1, -0.05) is 24.3 Å². The van der Waals surface area contributed by atoms with E-state index in [1.807, 2.05) is 6.07 Å². The Kier molecular flexibility index (Phi) is 5.87. The van der Waals surface area contributed by atoms with Gasteiger partial charge in [0.05, 0.1) is 23.5 Å². The highest BCUT2D eigenvalue weighted by molar-refractivity contribution is 5.79. The van der Waals surface area contributed by atoms with Crippen molar-refractivity contribution in [1.82, 2.24) is 19.4 Å². The van der Waals surface area contributed by atoms with E-state index >= 15 is 0 Å². The smallest absolute Gasteiger partial charge is 0.227 e. The molecule has 168 valence electrons. The van der Waals surface area contributed by atoms with Crippen molar-refractivity contribution in [3.8, 4) is 0 Å². The van der Waals surface area contributed by atoms with E-state index < -0.39 is 0 Å². The van der Waals surface area contributed by atoms with E-state index in [1.165, 1.54) is 16.8 Å². The van der Waals surface area contributed by atoms with Crippen LogP contribution in [0.2, 0.25) is 0 Å². The molecule has 0 N–H and O–H groups in total. The van der Waals surface area contributed by atoms with Crippen molar-refractivity contribution in [2.45, 2.75) is 26.3 Å². The highest BCUT2D eigenvalue weighted by atomic mass is 16.2. The molecule has 1 aromatic heterocycles. The van der Waals surface area contributed by atoms with E-state index in [9.17, 15) is 4.79 Å². The lowest BCUT2D eigenvalue weighted by Crippen LogP contribution is -2.52. The number of aryl methyl sites for hydroxylation is 2. The molecule has 2 fully saturated rings. The van der Waals surface area contributed by atoms with Crippen molar-refractivity contribution in [3.05, 3.63) is 59.9 Å². The molecule has 0 aliphatic carbocycles. The lowest BCUT2D eigenvalue weighted by atomic mass is 9.96. The van der Waals surface area contributed by atoms with Gasteiger partial charge in [-0.15, -0.1) is 0 Å². The van der Waals surface area contributed by atoms with Crippen LogP contribution in [0.4, 0.5) is 5.69 Å². The number of hydrogen-bond acceptors (Lipinski definition) is 4. The number of fused-ring (bicyclic) bond motifs is 1. The normalized spacial score (nSPS) is 20.1. The van der Waals surface area contributed by atoms with Gasteiger partial charge in [-0.05, 0) is 56.1 Å². The van der Waals surface area contributed by atoms with Crippen molar-refractivity contribution >= 4 is 22.6 Å². The van der Waals surface area contributed by atoms with E-state index in [0.717, 1.165) is 70.0 Å². The van der Waals surface area contributed by atoms with Crippen molar-refractivity contribution in [2.75, 3.05) is 44.2 Å². The first kappa shape index (κ1) is 21.0. The maximum atomic E-state index is 13.3. The number of para-hydroxylation sites is 2. The predicted molar refractivity (Wildman–Crippen MR) is 129 cm³/mol. The zero-order valence-corrected chi connectivity index (χ0v) is 19.2. The second-order valence-corrected chi connectivity index (χ2v) is 9.30. The van der Waals surface area contributed by atoms with Crippen molar-refractivity contribution in [3.63, 3.8) is 0 Å². The molecule has 2 saturated heterocycles. The summed E-state index contributed by atoms with van der Waals surface area (Å²) in [6, 6.07) is 16.9. The number of carbonyl (C=O) groups is 1. The van der Waals surface area contributed by atoms with Gasteiger partial charge in [0.25, 0.3) is 0 Å². The highest BCUT2D eigenvalue weighted by Crippen LogP contribution is 2.24. The molecule has 0 spiro atoms. The van der Waals surface area contributed by atoms with Gasteiger partial charge < -0.3 is 14.4 Å². The molecular weight excluding hydrogens is 398 g/mol. The zero-order valence-electron chi connectivity index (χ0n) is 19.2. The SMILES string of the molecule is Cc1cccc(N2CCN(C(=O)[C@@H]3CCCN(Cc4nc5ccccc5n4C)C3)CC2)c1. The number of benzene rings is 2. The number of piperidine rings is 1. The summed E-state index contributed by atoms with van der Waals surface area (Å²) in [7, 11) is 2.09. The molecule has 1 atom stereocenters. The Hall–Kier alpha value is -2.86. The first-order valence-electron chi connectivity index (χ1n) is 11.8. The minimum atomic E-state index is 0.101. The third kappa shape index (κ3) is 4.24. The van der Waals surface area contributed by atoms with Crippen LogP contribution < -0.4 is 4.90 Å². The number of anilines is 1. The molecule has 2 aromatic carbocycles. The lowest BCUT2D eigenvalue weighted by molar-refractivity contribution is -0.137. The molecule has 2 aliphatic heterocycles. The topological polar surface area (TPSA) is 44.6 Å². The summed E-state index contributed by atoms with van der Waals surface area (Å²) in [5.74, 6) is 1.51. The third-order valence-corrected chi connectivity index (χ3v) is 7.06. The summed E-state index contributed by atoms with van der Waals surface area (Å²) in [5, 5.41) is 0. The van der Waals surface area contributed by atoms with E-state index in [2.05, 4.69) is 75.7 Å². The number of imidazole rings is 1. The number of carbonyl (C=O) groups excluding carboxylic acids is 1. The van der Waals surface area contributed by atoms with Gasteiger partial charge >= 0.3 is 0 Å². The Balaban J connectivity index is 1.19. The maximum Gasteiger partial charge on any atom is 0.227 e. The van der Waals surface area contributed by atoms with Crippen LogP contribution in [0.25, 0.3) is 11.0 Å². The van der Waals surface area contributed by atoms with Crippen LogP contribution >= 0.6 is 0 Å². The number of likely N-dealkylation sites (tertiary alicyclic amines) is 1. The highest BCUT2D eigenvalue weighted by Gasteiger charge is 2.31. The third-order valence-electron chi connectivity index (χ3n) is 7.06. The van der Waals surface area contributed by atoms with Crippen molar-refractivity contribution in [2.24, 2.45) is 13.0 Å². The fourth-order valence-electron chi connectivity index (χ4n) is 5.21.